The summed E-state index contributed by atoms with van der Waals surface area (Å²) in [6, 6.07) is 13.3. The fraction of sp³-hybridized carbons (Fsp3) is 0.158. The molecule has 0 aliphatic rings. The van der Waals surface area contributed by atoms with Gasteiger partial charge in [-0.05, 0) is 49.4 Å². The van der Waals surface area contributed by atoms with Crippen LogP contribution in [0, 0.1) is 11.3 Å². The van der Waals surface area contributed by atoms with Gasteiger partial charge in [0.15, 0.2) is 0 Å². The number of methoxy groups -OCH3 is 1. The first-order chi connectivity index (χ1) is 12.1. The Morgan fingerprint density at radius 2 is 1.92 bits per heavy atom. The molecule has 0 spiro atoms. The summed E-state index contributed by atoms with van der Waals surface area (Å²) in [5.74, 6) is 0.523. The van der Waals surface area contributed by atoms with E-state index >= 15 is 0 Å². The number of ether oxygens (including phenoxy) is 2. The van der Waals surface area contributed by atoms with Crippen molar-refractivity contribution in [3.63, 3.8) is 0 Å². The standard InChI is InChI=1S/C19H18N2O4/c1-3-25-16-8-5-15(6-9-16)21-19(23)14(12-20)10-13-4-7-17(24-2)11-18(13)22/h4-11,22H,3H2,1-2H3,(H,21,23)/b14-10+. The molecule has 0 aliphatic carbocycles. The third-order valence-electron chi connectivity index (χ3n) is 3.33. The second-order valence-electron chi connectivity index (χ2n) is 5.01. The highest BCUT2D eigenvalue weighted by molar-refractivity contribution is 6.09. The first-order valence-electron chi connectivity index (χ1n) is 7.60. The van der Waals surface area contributed by atoms with Crippen LogP contribution >= 0.6 is 0 Å². The average Bonchev–Trinajstić information content (AvgIpc) is 2.62. The molecular formula is C19H18N2O4. The van der Waals surface area contributed by atoms with Gasteiger partial charge in [-0.25, -0.2) is 0 Å². The van der Waals surface area contributed by atoms with Crippen LogP contribution in [0.25, 0.3) is 6.08 Å². The predicted molar refractivity (Wildman–Crippen MR) is 94.5 cm³/mol. The summed E-state index contributed by atoms with van der Waals surface area (Å²) in [5.41, 5.74) is 0.752. The van der Waals surface area contributed by atoms with Crippen LogP contribution in [-0.2, 0) is 4.79 Å². The van der Waals surface area contributed by atoms with Crippen LogP contribution in [0.5, 0.6) is 17.2 Å². The van der Waals surface area contributed by atoms with Crippen LogP contribution in [0.4, 0.5) is 5.69 Å². The number of anilines is 1. The van der Waals surface area contributed by atoms with E-state index in [1.165, 1.54) is 19.3 Å². The lowest BCUT2D eigenvalue weighted by Crippen LogP contribution is -2.13. The Morgan fingerprint density at radius 3 is 2.48 bits per heavy atom. The van der Waals surface area contributed by atoms with Gasteiger partial charge in [-0.2, -0.15) is 5.26 Å². The van der Waals surface area contributed by atoms with E-state index in [0.717, 1.165) is 0 Å². The van der Waals surface area contributed by atoms with Gasteiger partial charge in [0.2, 0.25) is 0 Å². The minimum Gasteiger partial charge on any atom is -0.507 e. The number of phenolic OH excluding ortho intramolecular Hbond substituents is 1. The Labute approximate surface area is 145 Å². The van der Waals surface area contributed by atoms with E-state index in [2.05, 4.69) is 5.32 Å². The molecule has 0 aliphatic heterocycles. The fourth-order valence-electron chi connectivity index (χ4n) is 2.08. The van der Waals surface area contributed by atoms with Crippen molar-refractivity contribution in [3.05, 3.63) is 53.6 Å². The molecule has 0 aromatic heterocycles. The van der Waals surface area contributed by atoms with E-state index in [-0.39, 0.29) is 11.3 Å². The van der Waals surface area contributed by atoms with E-state index in [0.29, 0.717) is 29.4 Å². The topological polar surface area (TPSA) is 91.6 Å². The molecule has 0 saturated carbocycles. The van der Waals surface area contributed by atoms with Crippen molar-refractivity contribution in [1.29, 1.82) is 5.26 Å². The van der Waals surface area contributed by atoms with Crippen molar-refractivity contribution in [1.82, 2.24) is 0 Å². The van der Waals surface area contributed by atoms with Gasteiger partial charge in [-0.3, -0.25) is 4.79 Å². The molecule has 2 rings (SSSR count). The highest BCUT2D eigenvalue weighted by atomic mass is 16.5. The molecular weight excluding hydrogens is 320 g/mol. The third-order valence-corrected chi connectivity index (χ3v) is 3.33. The molecule has 0 fully saturated rings. The van der Waals surface area contributed by atoms with Gasteiger partial charge in [0.25, 0.3) is 5.91 Å². The average molecular weight is 338 g/mol. The number of benzene rings is 2. The number of amides is 1. The number of aromatic hydroxyl groups is 1. The molecule has 25 heavy (non-hydrogen) atoms. The summed E-state index contributed by atoms with van der Waals surface area (Å²) in [6.45, 7) is 2.44. The highest BCUT2D eigenvalue weighted by Gasteiger charge is 2.11. The lowest BCUT2D eigenvalue weighted by Gasteiger charge is -2.07. The minimum atomic E-state index is -0.568. The largest absolute Gasteiger partial charge is 0.507 e. The van der Waals surface area contributed by atoms with E-state index in [9.17, 15) is 15.2 Å². The van der Waals surface area contributed by atoms with Crippen molar-refractivity contribution < 1.29 is 19.4 Å². The molecule has 0 unspecified atom stereocenters. The van der Waals surface area contributed by atoms with Gasteiger partial charge in [0.1, 0.15) is 28.9 Å². The molecule has 2 aromatic rings. The number of carbonyl (C=O) groups excluding carboxylic acids is 1. The van der Waals surface area contributed by atoms with Crippen LogP contribution in [0.3, 0.4) is 0 Å². The van der Waals surface area contributed by atoms with Crippen molar-refractivity contribution in [3.8, 4) is 23.3 Å². The molecule has 0 atom stereocenters. The Bertz CT molecular complexity index is 820. The Hall–Kier alpha value is -3.46. The molecule has 128 valence electrons. The van der Waals surface area contributed by atoms with E-state index in [4.69, 9.17) is 9.47 Å². The number of nitrogens with zero attached hydrogens (tertiary/aromatic N) is 1. The first kappa shape index (κ1) is 17.9. The van der Waals surface area contributed by atoms with Crippen LogP contribution in [0.2, 0.25) is 0 Å². The summed E-state index contributed by atoms with van der Waals surface area (Å²) in [4.78, 5) is 12.3. The first-order valence-corrected chi connectivity index (χ1v) is 7.60. The smallest absolute Gasteiger partial charge is 0.266 e. The maximum absolute atomic E-state index is 12.3. The summed E-state index contributed by atoms with van der Waals surface area (Å²) < 4.78 is 10.3. The lowest BCUT2D eigenvalue weighted by atomic mass is 10.1. The molecule has 0 radical (unpaired) electrons. The molecule has 6 nitrogen and oxygen atoms in total. The van der Waals surface area contributed by atoms with Gasteiger partial charge in [-0.15, -0.1) is 0 Å². The maximum atomic E-state index is 12.3. The Morgan fingerprint density at radius 1 is 1.24 bits per heavy atom. The highest BCUT2D eigenvalue weighted by Crippen LogP contribution is 2.25. The molecule has 0 heterocycles. The number of rotatable bonds is 6. The van der Waals surface area contributed by atoms with E-state index < -0.39 is 5.91 Å². The monoisotopic (exact) mass is 338 g/mol. The van der Waals surface area contributed by atoms with Crippen LogP contribution < -0.4 is 14.8 Å². The van der Waals surface area contributed by atoms with Gasteiger partial charge in [-0.1, -0.05) is 0 Å². The molecule has 2 aromatic carbocycles. The van der Waals surface area contributed by atoms with Crippen molar-refractivity contribution in [2.24, 2.45) is 0 Å². The number of carbonyl (C=O) groups is 1. The second-order valence-corrected chi connectivity index (χ2v) is 5.01. The molecule has 0 bridgehead atoms. The molecule has 6 heteroatoms. The summed E-state index contributed by atoms with van der Waals surface area (Å²) in [6.07, 6.45) is 1.32. The lowest BCUT2D eigenvalue weighted by molar-refractivity contribution is -0.112. The van der Waals surface area contributed by atoms with E-state index in [1.807, 2.05) is 13.0 Å². The number of hydrogen-bond acceptors (Lipinski definition) is 5. The molecule has 2 N–H and O–H groups in total. The minimum absolute atomic E-state index is 0.0824. The van der Waals surface area contributed by atoms with Crippen molar-refractivity contribution >= 4 is 17.7 Å². The number of phenols is 1. The van der Waals surface area contributed by atoms with Gasteiger partial charge >= 0.3 is 0 Å². The Balaban J connectivity index is 2.16. The van der Waals surface area contributed by atoms with Gasteiger partial charge in [0, 0.05) is 17.3 Å². The number of hydrogen-bond donors (Lipinski definition) is 2. The van der Waals surface area contributed by atoms with Crippen LogP contribution in [-0.4, -0.2) is 24.7 Å². The van der Waals surface area contributed by atoms with E-state index in [1.54, 1.807) is 36.4 Å². The second kappa shape index (κ2) is 8.41. The van der Waals surface area contributed by atoms with Crippen LogP contribution in [0.15, 0.2) is 48.0 Å². The fourth-order valence-corrected chi connectivity index (χ4v) is 2.08. The SMILES string of the molecule is CCOc1ccc(NC(=O)/C(C#N)=C/c2ccc(OC)cc2O)cc1. The molecule has 0 saturated heterocycles. The quantitative estimate of drug-likeness (QED) is 0.622. The maximum Gasteiger partial charge on any atom is 0.266 e. The predicted octanol–water partition coefficient (Wildman–Crippen LogP) is 3.35. The van der Waals surface area contributed by atoms with Gasteiger partial charge < -0.3 is 19.9 Å². The van der Waals surface area contributed by atoms with Crippen LogP contribution in [0.1, 0.15) is 12.5 Å². The number of nitrogens with one attached hydrogen (secondary N) is 1. The summed E-state index contributed by atoms with van der Waals surface area (Å²) in [7, 11) is 1.48. The van der Waals surface area contributed by atoms with Crippen molar-refractivity contribution in [2.45, 2.75) is 6.92 Å². The van der Waals surface area contributed by atoms with Gasteiger partial charge in [0.05, 0.1) is 13.7 Å². The zero-order chi connectivity index (χ0) is 18.2. The number of nitriles is 1. The zero-order valence-corrected chi connectivity index (χ0v) is 13.9. The Kier molecular flexibility index (Phi) is 6.02. The van der Waals surface area contributed by atoms with Crippen molar-refractivity contribution in [2.75, 3.05) is 19.0 Å². The third kappa shape index (κ3) is 4.75. The normalized spacial score (nSPS) is 10.7. The summed E-state index contributed by atoms with van der Waals surface area (Å²) in [5, 5.41) is 21.8. The molecule has 1 amide bonds. The zero-order valence-electron chi connectivity index (χ0n) is 13.9. The summed E-state index contributed by atoms with van der Waals surface area (Å²) >= 11 is 0.